The highest BCUT2D eigenvalue weighted by Crippen LogP contribution is 2.13. The van der Waals surface area contributed by atoms with E-state index in [1.54, 1.807) is 14.0 Å². The fourth-order valence-electron chi connectivity index (χ4n) is 1.76. The van der Waals surface area contributed by atoms with E-state index in [1.165, 1.54) is 0 Å². The van der Waals surface area contributed by atoms with Gasteiger partial charge in [-0.15, -0.1) is 0 Å². The number of methoxy groups -OCH3 is 1. The lowest BCUT2D eigenvalue weighted by Gasteiger charge is -2.32. The molecular formula is C12H24N2O2S. The van der Waals surface area contributed by atoms with Gasteiger partial charge in [0.25, 0.3) is 0 Å². The minimum absolute atomic E-state index is 0.00301. The number of hydrogen-bond acceptors (Lipinski definition) is 3. The lowest BCUT2D eigenvalue weighted by molar-refractivity contribution is -0.136. The van der Waals surface area contributed by atoms with E-state index < -0.39 is 5.92 Å². The number of amides is 1. The van der Waals surface area contributed by atoms with E-state index in [1.807, 2.05) is 4.90 Å². The van der Waals surface area contributed by atoms with Crippen molar-refractivity contribution in [3.63, 3.8) is 0 Å². The Labute approximate surface area is 109 Å². The molecule has 0 spiro atoms. The van der Waals surface area contributed by atoms with Crippen LogP contribution in [0.25, 0.3) is 0 Å². The van der Waals surface area contributed by atoms with E-state index in [4.69, 9.17) is 22.7 Å². The van der Waals surface area contributed by atoms with E-state index in [-0.39, 0.29) is 16.9 Å². The first-order chi connectivity index (χ1) is 7.99. The Kier molecular flexibility index (Phi) is 8.08. The summed E-state index contributed by atoms with van der Waals surface area (Å²) in [6.07, 6.45) is 1.85. The first-order valence-corrected chi connectivity index (χ1v) is 6.49. The van der Waals surface area contributed by atoms with Crippen LogP contribution >= 0.6 is 12.2 Å². The van der Waals surface area contributed by atoms with Crippen LogP contribution in [0, 0.1) is 5.92 Å². The molecule has 0 fully saturated rings. The van der Waals surface area contributed by atoms with Crippen LogP contribution in [0.4, 0.5) is 0 Å². The predicted molar refractivity (Wildman–Crippen MR) is 73.9 cm³/mol. The van der Waals surface area contributed by atoms with Crippen LogP contribution in [0.5, 0.6) is 0 Å². The zero-order valence-corrected chi connectivity index (χ0v) is 12.0. The molecular weight excluding hydrogens is 236 g/mol. The second-order valence-electron chi connectivity index (χ2n) is 4.12. The largest absolute Gasteiger partial charge is 0.393 e. The quantitative estimate of drug-likeness (QED) is 0.673. The summed E-state index contributed by atoms with van der Waals surface area (Å²) in [6, 6.07) is 0.231. The molecule has 0 aromatic heterocycles. The zero-order chi connectivity index (χ0) is 13.4. The molecule has 4 nitrogen and oxygen atoms in total. The second kappa shape index (κ2) is 8.42. The highest BCUT2D eigenvalue weighted by Gasteiger charge is 2.26. The van der Waals surface area contributed by atoms with Crippen LogP contribution in [-0.4, -0.2) is 42.1 Å². The molecule has 0 aromatic carbocycles. The third-order valence-electron chi connectivity index (χ3n) is 3.00. The summed E-state index contributed by atoms with van der Waals surface area (Å²) in [5.74, 6) is -0.397. The van der Waals surface area contributed by atoms with E-state index in [9.17, 15) is 4.79 Å². The smallest absolute Gasteiger partial charge is 0.232 e. The molecule has 0 rings (SSSR count). The van der Waals surface area contributed by atoms with Gasteiger partial charge in [-0.05, 0) is 19.8 Å². The maximum atomic E-state index is 12.3. The van der Waals surface area contributed by atoms with Gasteiger partial charge in [0.05, 0.1) is 17.5 Å². The number of thiocarbonyl (C=S) groups is 1. The zero-order valence-electron chi connectivity index (χ0n) is 11.2. The fraction of sp³-hybridized carbons (Fsp3) is 0.833. The standard InChI is InChI=1S/C12H24N2O2S/c1-5-10(6-2)14(7-8-16-4)12(15)9(3)11(13)17/h9-10H,5-8H2,1-4H3,(H2,13,17). The molecule has 0 aliphatic rings. The number of nitrogens with two attached hydrogens (primary N) is 1. The molecule has 0 saturated carbocycles. The van der Waals surface area contributed by atoms with Crippen molar-refractivity contribution in [2.75, 3.05) is 20.3 Å². The van der Waals surface area contributed by atoms with Gasteiger partial charge in [0, 0.05) is 19.7 Å². The summed E-state index contributed by atoms with van der Waals surface area (Å²) in [5.41, 5.74) is 5.54. The van der Waals surface area contributed by atoms with E-state index in [0.717, 1.165) is 12.8 Å². The molecule has 0 radical (unpaired) electrons. The average molecular weight is 260 g/mol. The van der Waals surface area contributed by atoms with E-state index in [2.05, 4.69) is 13.8 Å². The van der Waals surface area contributed by atoms with Crippen molar-refractivity contribution in [3.05, 3.63) is 0 Å². The lowest BCUT2D eigenvalue weighted by atomic mass is 10.1. The predicted octanol–water partition coefficient (Wildman–Crippen LogP) is 1.57. The van der Waals surface area contributed by atoms with Gasteiger partial charge >= 0.3 is 0 Å². The van der Waals surface area contributed by atoms with Crippen molar-refractivity contribution in [3.8, 4) is 0 Å². The van der Waals surface area contributed by atoms with Crippen LogP contribution in [-0.2, 0) is 9.53 Å². The van der Waals surface area contributed by atoms with E-state index >= 15 is 0 Å². The second-order valence-corrected chi connectivity index (χ2v) is 4.59. The first-order valence-electron chi connectivity index (χ1n) is 6.08. The third kappa shape index (κ3) is 5.00. The number of nitrogens with zero attached hydrogens (tertiary/aromatic N) is 1. The molecule has 17 heavy (non-hydrogen) atoms. The molecule has 100 valence electrons. The van der Waals surface area contributed by atoms with Crippen molar-refractivity contribution in [2.45, 2.75) is 39.7 Å². The fourth-order valence-corrected chi connectivity index (χ4v) is 1.86. The van der Waals surface area contributed by atoms with Crippen molar-refractivity contribution in [1.29, 1.82) is 0 Å². The first kappa shape index (κ1) is 16.3. The van der Waals surface area contributed by atoms with Crippen LogP contribution in [0.2, 0.25) is 0 Å². The molecule has 0 saturated heterocycles. The van der Waals surface area contributed by atoms with Crippen LogP contribution in [0.3, 0.4) is 0 Å². The van der Waals surface area contributed by atoms with Gasteiger partial charge in [0.15, 0.2) is 0 Å². The van der Waals surface area contributed by atoms with Crippen molar-refractivity contribution in [1.82, 2.24) is 4.90 Å². The monoisotopic (exact) mass is 260 g/mol. The summed E-state index contributed by atoms with van der Waals surface area (Å²) in [4.78, 5) is 14.3. The summed E-state index contributed by atoms with van der Waals surface area (Å²) >= 11 is 4.88. The molecule has 5 heteroatoms. The van der Waals surface area contributed by atoms with Crippen molar-refractivity contribution < 1.29 is 9.53 Å². The molecule has 1 atom stereocenters. The summed E-state index contributed by atoms with van der Waals surface area (Å²) in [6.45, 7) is 7.03. The van der Waals surface area contributed by atoms with Gasteiger partial charge in [0.1, 0.15) is 0 Å². The normalized spacial score (nSPS) is 12.5. The average Bonchev–Trinajstić information content (AvgIpc) is 2.32. The van der Waals surface area contributed by atoms with Crippen molar-refractivity contribution in [2.24, 2.45) is 11.7 Å². The van der Waals surface area contributed by atoms with E-state index in [0.29, 0.717) is 13.2 Å². The van der Waals surface area contributed by atoms with Crippen molar-refractivity contribution >= 4 is 23.1 Å². The van der Waals surface area contributed by atoms with Crippen LogP contribution < -0.4 is 5.73 Å². The number of carbonyl (C=O) groups excluding carboxylic acids is 1. The molecule has 0 aliphatic carbocycles. The van der Waals surface area contributed by atoms with Gasteiger partial charge in [-0.25, -0.2) is 0 Å². The minimum Gasteiger partial charge on any atom is -0.393 e. The Bertz CT molecular complexity index is 255. The summed E-state index contributed by atoms with van der Waals surface area (Å²) < 4.78 is 5.04. The van der Waals surface area contributed by atoms with Gasteiger partial charge in [-0.2, -0.15) is 0 Å². The van der Waals surface area contributed by atoms with Gasteiger partial charge in [0.2, 0.25) is 5.91 Å². The SMILES string of the molecule is CCC(CC)N(CCOC)C(=O)C(C)C(N)=S. The maximum Gasteiger partial charge on any atom is 0.232 e. The molecule has 0 heterocycles. The molecule has 1 unspecified atom stereocenters. The Morgan fingerprint density at radius 1 is 1.41 bits per heavy atom. The maximum absolute atomic E-state index is 12.3. The highest BCUT2D eigenvalue weighted by atomic mass is 32.1. The number of ether oxygens (including phenoxy) is 1. The molecule has 1 amide bonds. The lowest BCUT2D eigenvalue weighted by Crippen LogP contribution is -2.46. The molecule has 0 aromatic rings. The summed E-state index contributed by atoms with van der Waals surface area (Å²) in [5, 5.41) is 0. The van der Waals surface area contributed by atoms with Gasteiger partial charge in [-0.1, -0.05) is 26.1 Å². The molecule has 2 N–H and O–H groups in total. The molecule has 0 bridgehead atoms. The minimum atomic E-state index is -0.401. The Hall–Kier alpha value is -0.680. The number of carbonyl (C=O) groups is 1. The van der Waals surface area contributed by atoms with Gasteiger partial charge in [-0.3, -0.25) is 4.79 Å². The topological polar surface area (TPSA) is 55.6 Å². The Morgan fingerprint density at radius 2 is 1.94 bits per heavy atom. The highest BCUT2D eigenvalue weighted by molar-refractivity contribution is 7.80. The van der Waals surface area contributed by atoms with Gasteiger partial charge < -0.3 is 15.4 Å². The Morgan fingerprint density at radius 3 is 2.29 bits per heavy atom. The van der Waals surface area contributed by atoms with Crippen LogP contribution in [0.1, 0.15) is 33.6 Å². The molecule has 0 aliphatic heterocycles. The number of rotatable bonds is 8. The van der Waals surface area contributed by atoms with Crippen LogP contribution in [0.15, 0.2) is 0 Å². The third-order valence-corrected chi connectivity index (χ3v) is 3.35. The summed E-state index contributed by atoms with van der Waals surface area (Å²) in [7, 11) is 1.63. The number of hydrogen-bond donors (Lipinski definition) is 1. The Balaban J connectivity index is 4.76.